The smallest absolute Gasteiger partial charge is 0.410 e. The van der Waals surface area contributed by atoms with Gasteiger partial charge in [-0.1, -0.05) is 0 Å². The van der Waals surface area contributed by atoms with Crippen LogP contribution in [0.25, 0.3) is 0 Å². The van der Waals surface area contributed by atoms with E-state index < -0.39 is 5.60 Å². The highest BCUT2D eigenvalue weighted by atomic mass is 16.6. The Labute approximate surface area is 59.4 Å². The molecule has 1 aliphatic heterocycles. The predicted molar refractivity (Wildman–Crippen MR) is 34.6 cm³/mol. The van der Waals surface area contributed by atoms with Crippen LogP contribution in [-0.4, -0.2) is 41.9 Å². The Balaban J connectivity index is 2.64. The lowest BCUT2D eigenvalue weighted by Crippen LogP contribution is -2.33. The minimum Gasteiger partial charge on any atom is -0.439 e. The van der Waals surface area contributed by atoms with Gasteiger partial charge in [0.25, 0.3) is 0 Å². The van der Waals surface area contributed by atoms with Crippen LogP contribution in [0.15, 0.2) is 0 Å². The van der Waals surface area contributed by atoms with Crippen molar-refractivity contribution in [1.82, 2.24) is 4.90 Å². The average molecular weight is 145 g/mol. The number of amides is 1. The van der Waals surface area contributed by atoms with Gasteiger partial charge >= 0.3 is 6.09 Å². The minimum absolute atomic E-state index is 0.122. The standard InChI is InChI=1S/C6H11NO3/c1-6(4-8)3-7(2)5(9)10-6/h8H,3-4H2,1-2H3. The fourth-order valence-corrected chi connectivity index (χ4v) is 0.970. The van der Waals surface area contributed by atoms with Crippen molar-refractivity contribution in [2.45, 2.75) is 12.5 Å². The van der Waals surface area contributed by atoms with Crippen molar-refractivity contribution in [1.29, 1.82) is 0 Å². The lowest BCUT2D eigenvalue weighted by Gasteiger charge is -2.16. The molecule has 1 atom stereocenters. The van der Waals surface area contributed by atoms with Gasteiger partial charge in [0.15, 0.2) is 5.60 Å². The average Bonchev–Trinajstić information content (AvgIpc) is 2.10. The quantitative estimate of drug-likeness (QED) is 0.556. The number of aliphatic hydroxyl groups excluding tert-OH is 1. The molecule has 1 fully saturated rings. The number of ether oxygens (including phenoxy) is 1. The van der Waals surface area contributed by atoms with Crippen molar-refractivity contribution < 1.29 is 14.6 Å². The minimum atomic E-state index is -0.689. The Bertz CT molecular complexity index is 159. The summed E-state index contributed by atoms with van der Waals surface area (Å²) in [5, 5.41) is 8.76. The summed E-state index contributed by atoms with van der Waals surface area (Å²) < 4.78 is 4.85. The highest BCUT2D eigenvalue weighted by Gasteiger charge is 2.38. The van der Waals surface area contributed by atoms with Gasteiger partial charge in [-0.15, -0.1) is 0 Å². The van der Waals surface area contributed by atoms with E-state index in [2.05, 4.69) is 0 Å². The lowest BCUT2D eigenvalue weighted by atomic mass is 10.1. The summed E-state index contributed by atoms with van der Waals surface area (Å²) in [4.78, 5) is 12.2. The van der Waals surface area contributed by atoms with Crippen LogP contribution in [-0.2, 0) is 4.74 Å². The van der Waals surface area contributed by atoms with E-state index in [-0.39, 0.29) is 12.7 Å². The first-order valence-corrected chi connectivity index (χ1v) is 3.12. The molecule has 0 aliphatic carbocycles. The fourth-order valence-electron chi connectivity index (χ4n) is 0.970. The van der Waals surface area contributed by atoms with Crippen LogP contribution >= 0.6 is 0 Å². The molecule has 10 heavy (non-hydrogen) atoms. The number of carbonyl (C=O) groups is 1. The molecule has 1 rings (SSSR count). The summed E-state index contributed by atoms with van der Waals surface area (Å²) in [6.45, 7) is 2.04. The van der Waals surface area contributed by atoms with Gasteiger partial charge in [0.2, 0.25) is 0 Å². The summed E-state index contributed by atoms with van der Waals surface area (Å²) in [6.07, 6.45) is -0.364. The molecule has 0 aromatic rings. The molecule has 58 valence electrons. The molecule has 4 nitrogen and oxygen atoms in total. The Hall–Kier alpha value is -0.770. The Morgan fingerprint density at radius 1 is 1.90 bits per heavy atom. The van der Waals surface area contributed by atoms with Gasteiger partial charge in [0, 0.05) is 7.05 Å². The third kappa shape index (κ3) is 1.07. The fraction of sp³-hybridized carbons (Fsp3) is 0.833. The third-order valence-corrected chi connectivity index (χ3v) is 1.55. The van der Waals surface area contributed by atoms with Crippen LogP contribution in [0.4, 0.5) is 4.79 Å². The number of hydrogen-bond donors (Lipinski definition) is 1. The van der Waals surface area contributed by atoms with E-state index in [4.69, 9.17) is 9.84 Å². The van der Waals surface area contributed by atoms with Gasteiger partial charge in [-0.25, -0.2) is 4.79 Å². The summed E-state index contributed by atoms with van der Waals surface area (Å²) in [5.41, 5.74) is -0.689. The molecule has 0 aromatic carbocycles. The van der Waals surface area contributed by atoms with E-state index in [1.807, 2.05) is 0 Å². The second-order valence-corrected chi connectivity index (χ2v) is 2.83. The molecule has 1 heterocycles. The van der Waals surface area contributed by atoms with Gasteiger partial charge in [0.1, 0.15) is 0 Å². The van der Waals surface area contributed by atoms with Crippen molar-refractivity contribution in [3.05, 3.63) is 0 Å². The molecule has 1 unspecified atom stereocenters. The number of rotatable bonds is 1. The van der Waals surface area contributed by atoms with Crippen LogP contribution < -0.4 is 0 Å². The van der Waals surface area contributed by atoms with Crippen molar-refractivity contribution >= 4 is 6.09 Å². The first-order valence-electron chi connectivity index (χ1n) is 3.12. The summed E-state index contributed by atoms with van der Waals surface area (Å²) >= 11 is 0. The highest BCUT2D eigenvalue weighted by molar-refractivity contribution is 5.70. The van der Waals surface area contributed by atoms with Crippen LogP contribution in [0.2, 0.25) is 0 Å². The number of nitrogens with zero attached hydrogens (tertiary/aromatic N) is 1. The highest BCUT2D eigenvalue weighted by Crippen LogP contribution is 2.19. The van der Waals surface area contributed by atoms with E-state index in [0.29, 0.717) is 6.54 Å². The second kappa shape index (κ2) is 2.12. The van der Waals surface area contributed by atoms with E-state index in [1.54, 1.807) is 14.0 Å². The molecule has 1 aliphatic rings. The maximum absolute atomic E-state index is 10.7. The van der Waals surface area contributed by atoms with Crippen LogP contribution in [0.5, 0.6) is 0 Å². The molecule has 1 saturated heterocycles. The molecule has 0 aromatic heterocycles. The maximum atomic E-state index is 10.7. The van der Waals surface area contributed by atoms with Gasteiger partial charge in [0.05, 0.1) is 13.2 Å². The third-order valence-electron chi connectivity index (χ3n) is 1.55. The second-order valence-electron chi connectivity index (χ2n) is 2.83. The summed E-state index contributed by atoms with van der Waals surface area (Å²) in [6, 6.07) is 0. The molecular formula is C6H11NO3. The number of aliphatic hydroxyl groups is 1. The Morgan fingerprint density at radius 2 is 2.50 bits per heavy atom. The SMILES string of the molecule is CN1CC(C)(CO)OC1=O. The lowest BCUT2D eigenvalue weighted by molar-refractivity contribution is 0.0219. The zero-order valence-electron chi connectivity index (χ0n) is 6.13. The van der Waals surface area contributed by atoms with Gasteiger partial charge in [-0.05, 0) is 6.92 Å². The molecule has 0 radical (unpaired) electrons. The largest absolute Gasteiger partial charge is 0.439 e. The zero-order valence-corrected chi connectivity index (χ0v) is 6.13. The van der Waals surface area contributed by atoms with Gasteiger partial charge in [-0.3, -0.25) is 0 Å². The molecule has 0 saturated carbocycles. The molecule has 1 N–H and O–H groups in total. The molecule has 0 bridgehead atoms. The van der Waals surface area contributed by atoms with Crippen LogP contribution in [0.3, 0.4) is 0 Å². The summed E-state index contributed by atoms with van der Waals surface area (Å²) in [5.74, 6) is 0. The van der Waals surface area contributed by atoms with E-state index >= 15 is 0 Å². The Kier molecular flexibility index (Phi) is 1.56. The van der Waals surface area contributed by atoms with E-state index in [9.17, 15) is 4.79 Å². The number of likely N-dealkylation sites (N-methyl/N-ethyl adjacent to an activating group) is 1. The first kappa shape index (κ1) is 7.34. The van der Waals surface area contributed by atoms with E-state index in [0.717, 1.165) is 0 Å². The number of carbonyl (C=O) groups excluding carboxylic acids is 1. The van der Waals surface area contributed by atoms with E-state index in [1.165, 1.54) is 4.90 Å². The van der Waals surface area contributed by atoms with Gasteiger partial charge in [-0.2, -0.15) is 0 Å². The number of cyclic esters (lactones) is 1. The van der Waals surface area contributed by atoms with Crippen LogP contribution in [0, 0.1) is 0 Å². The van der Waals surface area contributed by atoms with Crippen molar-refractivity contribution in [2.24, 2.45) is 0 Å². The van der Waals surface area contributed by atoms with Crippen molar-refractivity contribution in [3.8, 4) is 0 Å². The van der Waals surface area contributed by atoms with Crippen molar-refractivity contribution in [2.75, 3.05) is 20.2 Å². The summed E-state index contributed by atoms with van der Waals surface area (Å²) in [7, 11) is 1.64. The first-order chi connectivity index (χ1) is 4.57. The topological polar surface area (TPSA) is 49.8 Å². The zero-order chi connectivity index (χ0) is 7.78. The number of hydrogen-bond acceptors (Lipinski definition) is 3. The molecular weight excluding hydrogens is 134 g/mol. The maximum Gasteiger partial charge on any atom is 0.410 e. The normalized spacial score (nSPS) is 32.7. The Morgan fingerprint density at radius 3 is 2.70 bits per heavy atom. The molecule has 4 heteroatoms. The predicted octanol–water partition coefficient (Wildman–Crippen LogP) is -0.181. The molecule has 1 amide bonds. The van der Waals surface area contributed by atoms with Crippen molar-refractivity contribution in [3.63, 3.8) is 0 Å². The van der Waals surface area contributed by atoms with Gasteiger partial charge < -0.3 is 14.7 Å². The van der Waals surface area contributed by atoms with Crippen LogP contribution in [0.1, 0.15) is 6.92 Å². The molecule has 0 spiro atoms. The monoisotopic (exact) mass is 145 g/mol.